The van der Waals surface area contributed by atoms with Gasteiger partial charge in [-0.25, -0.2) is 0 Å². The summed E-state index contributed by atoms with van der Waals surface area (Å²) in [5.41, 5.74) is -0.688. The van der Waals surface area contributed by atoms with Gasteiger partial charge < -0.3 is 15.7 Å². The van der Waals surface area contributed by atoms with Crippen LogP contribution in [-0.4, -0.2) is 30.1 Å². The average molecular weight is 302 g/mol. The van der Waals surface area contributed by atoms with Gasteiger partial charge in [0.2, 0.25) is 5.91 Å². The molecule has 1 aromatic rings. The van der Waals surface area contributed by atoms with E-state index in [-0.39, 0.29) is 24.1 Å². The molecule has 2 unspecified atom stereocenters. The van der Waals surface area contributed by atoms with Gasteiger partial charge in [0.05, 0.1) is 17.7 Å². The molecule has 0 aromatic heterocycles. The van der Waals surface area contributed by atoms with Crippen molar-refractivity contribution in [1.82, 2.24) is 10.6 Å². The van der Waals surface area contributed by atoms with Crippen LogP contribution in [0.4, 0.5) is 13.2 Å². The highest BCUT2D eigenvalue weighted by atomic mass is 19.4. The predicted octanol–water partition coefficient (Wildman–Crippen LogP) is 1.61. The maximum atomic E-state index is 12.6. The zero-order valence-corrected chi connectivity index (χ0v) is 11.3. The maximum absolute atomic E-state index is 12.6. The first-order chi connectivity index (χ1) is 9.88. The van der Waals surface area contributed by atoms with Gasteiger partial charge in [-0.15, -0.1) is 0 Å². The molecule has 1 amide bonds. The third-order valence-corrected chi connectivity index (χ3v) is 3.45. The Balaban J connectivity index is 1.94. The summed E-state index contributed by atoms with van der Waals surface area (Å²) in [6.07, 6.45) is -3.98. The Morgan fingerprint density at radius 2 is 2.24 bits per heavy atom. The van der Waals surface area contributed by atoms with E-state index in [1.807, 2.05) is 0 Å². The van der Waals surface area contributed by atoms with E-state index in [9.17, 15) is 23.1 Å². The number of aliphatic hydroxyl groups is 1. The van der Waals surface area contributed by atoms with Gasteiger partial charge in [0.15, 0.2) is 0 Å². The van der Waals surface area contributed by atoms with Gasteiger partial charge in [-0.2, -0.15) is 13.2 Å². The molecule has 21 heavy (non-hydrogen) atoms. The first kappa shape index (κ1) is 15.8. The highest BCUT2D eigenvalue weighted by Gasteiger charge is 2.31. The highest BCUT2D eigenvalue weighted by molar-refractivity contribution is 5.82. The lowest BCUT2D eigenvalue weighted by molar-refractivity contribution is -0.137. The number of halogens is 3. The predicted molar refractivity (Wildman–Crippen MR) is 70.4 cm³/mol. The number of amides is 1. The van der Waals surface area contributed by atoms with Gasteiger partial charge in [-0.3, -0.25) is 4.79 Å². The Hall–Kier alpha value is -1.60. The number of hydrogen-bond donors (Lipinski definition) is 3. The normalized spacial score (nSPS) is 20.3. The molecule has 1 fully saturated rings. The molecule has 1 aromatic carbocycles. The molecule has 1 aliphatic rings. The topological polar surface area (TPSA) is 61.4 Å². The molecular weight excluding hydrogens is 285 g/mol. The molecule has 2 rings (SSSR count). The molecule has 1 heterocycles. The number of carbonyl (C=O) groups excluding carboxylic acids is 1. The summed E-state index contributed by atoms with van der Waals surface area (Å²) in [7, 11) is 0. The van der Waals surface area contributed by atoms with Crippen LogP contribution in [0.5, 0.6) is 0 Å². The number of carbonyl (C=O) groups is 1. The summed E-state index contributed by atoms with van der Waals surface area (Å²) < 4.78 is 37.8. The van der Waals surface area contributed by atoms with Gasteiger partial charge >= 0.3 is 6.18 Å². The van der Waals surface area contributed by atoms with Crippen LogP contribution in [-0.2, 0) is 11.0 Å². The summed E-state index contributed by atoms with van der Waals surface area (Å²) in [6, 6.07) is 4.20. The van der Waals surface area contributed by atoms with E-state index in [0.29, 0.717) is 0 Å². The molecule has 1 aliphatic heterocycles. The molecular formula is C14H17F3N2O2. The Labute approximate surface area is 120 Å². The van der Waals surface area contributed by atoms with Crippen molar-refractivity contribution in [2.75, 3.05) is 13.1 Å². The Morgan fingerprint density at radius 1 is 1.48 bits per heavy atom. The number of rotatable bonds is 4. The van der Waals surface area contributed by atoms with E-state index in [4.69, 9.17) is 0 Å². The first-order valence-corrected chi connectivity index (χ1v) is 6.74. The fourth-order valence-electron chi connectivity index (χ4n) is 2.27. The summed E-state index contributed by atoms with van der Waals surface area (Å²) in [5.74, 6) is -0.237. The molecule has 1 saturated heterocycles. The lowest BCUT2D eigenvalue weighted by Crippen LogP contribution is -2.41. The van der Waals surface area contributed by atoms with Crippen molar-refractivity contribution in [3.05, 3.63) is 35.4 Å². The van der Waals surface area contributed by atoms with Crippen LogP contribution in [0.1, 0.15) is 30.1 Å². The van der Waals surface area contributed by atoms with Crippen LogP contribution >= 0.6 is 0 Å². The van der Waals surface area contributed by atoms with Crippen LogP contribution in [0.25, 0.3) is 0 Å². The van der Waals surface area contributed by atoms with E-state index >= 15 is 0 Å². The third kappa shape index (κ3) is 4.18. The first-order valence-electron chi connectivity index (χ1n) is 6.74. The zero-order valence-electron chi connectivity index (χ0n) is 11.3. The molecule has 116 valence electrons. The average Bonchev–Trinajstić information content (AvgIpc) is 2.98. The second kappa shape index (κ2) is 6.44. The highest BCUT2D eigenvalue weighted by Crippen LogP contribution is 2.30. The van der Waals surface area contributed by atoms with E-state index in [1.165, 1.54) is 12.1 Å². The fourth-order valence-corrected chi connectivity index (χ4v) is 2.27. The number of aliphatic hydroxyl groups excluding tert-OH is 1. The molecule has 2 atom stereocenters. The third-order valence-electron chi connectivity index (χ3n) is 3.45. The molecule has 0 radical (unpaired) electrons. The minimum atomic E-state index is -4.45. The Bertz CT molecular complexity index is 499. The van der Waals surface area contributed by atoms with Crippen molar-refractivity contribution >= 4 is 5.91 Å². The van der Waals surface area contributed by atoms with Crippen molar-refractivity contribution in [3.8, 4) is 0 Å². The molecule has 0 aliphatic carbocycles. The van der Waals surface area contributed by atoms with Crippen LogP contribution in [0.2, 0.25) is 0 Å². The number of hydrogen-bond acceptors (Lipinski definition) is 3. The molecule has 4 nitrogen and oxygen atoms in total. The van der Waals surface area contributed by atoms with Crippen LogP contribution in [0, 0.1) is 0 Å². The fraction of sp³-hybridized carbons (Fsp3) is 0.500. The second-order valence-electron chi connectivity index (χ2n) is 5.03. The molecule has 0 bridgehead atoms. The monoisotopic (exact) mass is 302 g/mol. The van der Waals surface area contributed by atoms with Gasteiger partial charge in [-0.1, -0.05) is 12.1 Å². The van der Waals surface area contributed by atoms with Gasteiger partial charge in [0, 0.05) is 6.54 Å². The second-order valence-corrected chi connectivity index (χ2v) is 5.03. The molecule has 0 saturated carbocycles. The standard InChI is InChI=1S/C14H17F3N2O2/c15-14(16,17)10-4-1-3-9(7-10)12(20)8-19-13(21)11-5-2-6-18-11/h1,3-4,7,11-12,18,20H,2,5-6,8H2,(H,19,21). The van der Waals surface area contributed by atoms with Crippen molar-refractivity contribution < 1.29 is 23.1 Å². The SMILES string of the molecule is O=C(NCC(O)c1cccc(C(F)(F)F)c1)C1CCCN1. The van der Waals surface area contributed by atoms with Gasteiger partial charge in [-0.05, 0) is 37.1 Å². The van der Waals surface area contributed by atoms with Gasteiger partial charge in [0.25, 0.3) is 0 Å². The van der Waals surface area contributed by atoms with Crippen molar-refractivity contribution in [1.29, 1.82) is 0 Å². The van der Waals surface area contributed by atoms with Crippen LogP contribution < -0.4 is 10.6 Å². The summed E-state index contributed by atoms with van der Waals surface area (Å²) in [6.45, 7) is 0.659. The zero-order chi connectivity index (χ0) is 15.5. The van der Waals surface area contributed by atoms with Gasteiger partial charge in [0.1, 0.15) is 0 Å². The van der Waals surface area contributed by atoms with Crippen molar-refractivity contribution in [3.63, 3.8) is 0 Å². The Morgan fingerprint density at radius 3 is 2.86 bits per heavy atom. The lowest BCUT2D eigenvalue weighted by Gasteiger charge is -2.16. The van der Waals surface area contributed by atoms with Crippen molar-refractivity contribution in [2.45, 2.75) is 31.2 Å². The summed E-state index contributed by atoms with van der Waals surface area (Å²) >= 11 is 0. The van der Waals surface area contributed by atoms with Crippen LogP contribution in [0.15, 0.2) is 24.3 Å². The summed E-state index contributed by atoms with van der Waals surface area (Å²) in [5, 5.41) is 15.5. The molecule has 7 heteroatoms. The molecule has 3 N–H and O–H groups in total. The lowest BCUT2D eigenvalue weighted by atomic mass is 10.1. The number of benzene rings is 1. The van der Waals surface area contributed by atoms with Crippen LogP contribution in [0.3, 0.4) is 0 Å². The maximum Gasteiger partial charge on any atom is 0.416 e. The van der Waals surface area contributed by atoms with E-state index in [0.717, 1.165) is 31.5 Å². The summed E-state index contributed by atoms with van der Waals surface area (Å²) in [4.78, 5) is 11.7. The van der Waals surface area contributed by atoms with E-state index in [1.54, 1.807) is 0 Å². The molecule has 0 spiro atoms. The quantitative estimate of drug-likeness (QED) is 0.792. The minimum Gasteiger partial charge on any atom is -0.387 e. The van der Waals surface area contributed by atoms with Crippen molar-refractivity contribution in [2.24, 2.45) is 0 Å². The smallest absolute Gasteiger partial charge is 0.387 e. The Kier molecular flexibility index (Phi) is 4.84. The minimum absolute atomic E-state index is 0.113. The van der Waals surface area contributed by atoms with E-state index < -0.39 is 17.8 Å². The number of nitrogens with one attached hydrogen (secondary N) is 2. The number of alkyl halides is 3. The largest absolute Gasteiger partial charge is 0.416 e. The van der Waals surface area contributed by atoms with E-state index in [2.05, 4.69) is 10.6 Å².